The van der Waals surface area contributed by atoms with Gasteiger partial charge in [0.15, 0.2) is 23.9 Å². The minimum atomic E-state index is -0.497. The van der Waals surface area contributed by atoms with Crippen LogP contribution in [0.15, 0.2) is 53.1 Å². The number of benzene rings is 2. The molecule has 0 spiro atoms. The summed E-state index contributed by atoms with van der Waals surface area (Å²) in [6, 6.07) is 14.7. The van der Waals surface area contributed by atoms with Crippen LogP contribution in [0.3, 0.4) is 0 Å². The second-order valence-corrected chi connectivity index (χ2v) is 6.74. The summed E-state index contributed by atoms with van der Waals surface area (Å²) in [5.41, 5.74) is 2.53. The molecule has 0 radical (unpaired) electrons. The van der Waals surface area contributed by atoms with Crippen molar-refractivity contribution in [3.8, 4) is 22.8 Å². The summed E-state index contributed by atoms with van der Waals surface area (Å²) in [6.45, 7) is 2.62. The van der Waals surface area contributed by atoms with Crippen LogP contribution < -0.4 is 9.47 Å². The van der Waals surface area contributed by atoms with Crippen LogP contribution in [0.5, 0.6) is 11.5 Å². The zero-order valence-electron chi connectivity index (χ0n) is 16.1. The van der Waals surface area contributed by atoms with E-state index in [2.05, 4.69) is 10.1 Å². The zero-order chi connectivity index (χ0) is 20.5. The molecule has 0 fully saturated rings. The first kappa shape index (κ1) is 18.1. The van der Waals surface area contributed by atoms with E-state index in [1.54, 1.807) is 13.0 Å². The molecule has 2 aromatic carbocycles. The molecule has 8 nitrogen and oxygen atoms in total. The van der Waals surface area contributed by atoms with Crippen molar-refractivity contribution in [2.75, 3.05) is 13.2 Å². The lowest BCUT2D eigenvalue weighted by Crippen LogP contribution is -2.15. The Bertz CT molecular complexity index is 1250. The summed E-state index contributed by atoms with van der Waals surface area (Å²) in [5, 5.41) is 4.40. The predicted molar refractivity (Wildman–Crippen MR) is 106 cm³/mol. The SMILES string of the molecule is Cc1noc(COC(=O)c2cc(-c3ccc4c(c3)OCCO4)nc3ccccc23)n1. The summed E-state index contributed by atoms with van der Waals surface area (Å²) in [6.07, 6.45) is 0. The minimum absolute atomic E-state index is 0.102. The number of esters is 1. The number of hydrogen-bond donors (Lipinski definition) is 0. The molecule has 5 rings (SSSR count). The summed E-state index contributed by atoms with van der Waals surface area (Å²) in [7, 11) is 0. The van der Waals surface area contributed by atoms with Crippen LogP contribution in [-0.4, -0.2) is 34.3 Å². The van der Waals surface area contributed by atoms with Crippen LogP contribution >= 0.6 is 0 Å². The van der Waals surface area contributed by atoms with Gasteiger partial charge in [-0.2, -0.15) is 4.98 Å². The Balaban J connectivity index is 1.52. The molecule has 4 aromatic rings. The first-order valence-corrected chi connectivity index (χ1v) is 9.43. The van der Waals surface area contributed by atoms with Gasteiger partial charge < -0.3 is 18.7 Å². The number of aromatic nitrogens is 3. The molecule has 1 aliphatic rings. The highest BCUT2D eigenvalue weighted by molar-refractivity contribution is 6.04. The molecule has 0 unspecified atom stereocenters. The van der Waals surface area contributed by atoms with E-state index in [0.29, 0.717) is 52.7 Å². The normalized spacial score (nSPS) is 12.7. The zero-order valence-corrected chi connectivity index (χ0v) is 16.1. The number of hydrogen-bond acceptors (Lipinski definition) is 8. The van der Waals surface area contributed by atoms with Crippen molar-refractivity contribution in [2.24, 2.45) is 0 Å². The van der Waals surface area contributed by atoms with Gasteiger partial charge in [-0.15, -0.1) is 0 Å². The average Bonchev–Trinajstić information content (AvgIpc) is 3.21. The molecule has 150 valence electrons. The predicted octanol–water partition coefficient (Wildman–Crippen LogP) is 3.72. The first-order chi connectivity index (χ1) is 14.7. The van der Waals surface area contributed by atoms with Crippen molar-refractivity contribution in [3.63, 3.8) is 0 Å². The summed E-state index contributed by atoms with van der Waals surface area (Å²) >= 11 is 0. The lowest BCUT2D eigenvalue weighted by molar-refractivity contribution is 0.0432. The molecule has 1 aliphatic heterocycles. The molecule has 30 heavy (non-hydrogen) atoms. The van der Waals surface area contributed by atoms with E-state index in [9.17, 15) is 4.79 Å². The number of aryl methyl sites for hydroxylation is 1. The van der Waals surface area contributed by atoms with E-state index in [1.807, 2.05) is 42.5 Å². The molecule has 0 saturated heterocycles. The van der Waals surface area contributed by atoms with Crippen LogP contribution in [-0.2, 0) is 11.3 Å². The fraction of sp³-hybridized carbons (Fsp3) is 0.182. The third-order valence-electron chi connectivity index (χ3n) is 4.67. The maximum absolute atomic E-state index is 12.9. The highest BCUT2D eigenvalue weighted by Crippen LogP contribution is 2.35. The van der Waals surface area contributed by atoms with E-state index in [4.69, 9.17) is 23.7 Å². The molecule has 0 aliphatic carbocycles. The Morgan fingerprint density at radius 1 is 1.03 bits per heavy atom. The molecule has 0 atom stereocenters. The summed E-state index contributed by atoms with van der Waals surface area (Å²) in [4.78, 5) is 21.6. The largest absolute Gasteiger partial charge is 0.486 e. The summed E-state index contributed by atoms with van der Waals surface area (Å²) < 4.78 is 21.7. The van der Waals surface area contributed by atoms with Gasteiger partial charge in [-0.3, -0.25) is 0 Å². The van der Waals surface area contributed by atoms with Crippen LogP contribution in [0.2, 0.25) is 0 Å². The van der Waals surface area contributed by atoms with Crippen molar-refractivity contribution in [1.29, 1.82) is 0 Å². The van der Waals surface area contributed by atoms with Crippen LogP contribution in [0.1, 0.15) is 22.1 Å². The molecule has 2 aromatic heterocycles. The third kappa shape index (κ3) is 3.43. The van der Waals surface area contributed by atoms with Crippen molar-refractivity contribution < 1.29 is 23.5 Å². The fourth-order valence-electron chi connectivity index (χ4n) is 3.30. The van der Waals surface area contributed by atoms with E-state index in [1.165, 1.54) is 0 Å². The Morgan fingerprint density at radius 2 is 1.87 bits per heavy atom. The molecule has 3 heterocycles. The summed E-state index contributed by atoms with van der Waals surface area (Å²) in [5.74, 6) is 1.58. The standard InChI is InChI=1S/C22H17N3O5/c1-13-23-21(30-25-13)12-29-22(26)16-11-18(24-17-5-3-2-4-15(16)17)14-6-7-19-20(10-14)28-9-8-27-19/h2-7,10-11H,8-9,12H2,1H3. The second kappa shape index (κ2) is 7.47. The van der Waals surface area contributed by atoms with Gasteiger partial charge in [0, 0.05) is 10.9 Å². The van der Waals surface area contributed by atoms with Gasteiger partial charge in [0.1, 0.15) is 13.2 Å². The number of nitrogens with zero attached hydrogens (tertiary/aromatic N) is 3. The molecule has 0 N–H and O–H groups in total. The number of fused-ring (bicyclic) bond motifs is 2. The molecule has 0 amide bonds. The van der Waals surface area contributed by atoms with Gasteiger partial charge in [-0.25, -0.2) is 9.78 Å². The van der Waals surface area contributed by atoms with Crippen LogP contribution in [0.25, 0.3) is 22.2 Å². The van der Waals surface area contributed by atoms with Crippen molar-refractivity contribution in [2.45, 2.75) is 13.5 Å². The smallest absolute Gasteiger partial charge is 0.339 e. The maximum atomic E-state index is 12.9. The minimum Gasteiger partial charge on any atom is -0.486 e. The van der Waals surface area contributed by atoms with Gasteiger partial charge >= 0.3 is 5.97 Å². The second-order valence-electron chi connectivity index (χ2n) is 6.74. The third-order valence-corrected chi connectivity index (χ3v) is 4.67. The van der Waals surface area contributed by atoms with Crippen LogP contribution in [0.4, 0.5) is 0 Å². The quantitative estimate of drug-likeness (QED) is 0.476. The first-order valence-electron chi connectivity index (χ1n) is 9.43. The monoisotopic (exact) mass is 403 g/mol. The van der Waals surface area contributed by atoms with Gasteiger partial charge in [0.05, 0.1) is 16.8 Å². The lowest BCUT2D eigenvalue weighted by atomic mass is 10.0. The Hall–Kier alpha value is -3.94. The van der Waals surface area contributed by atoms with Crippen LogP contribution in [0, 0.1) is 6.92 Å². The number of carbonyl (C=O) groups excluding carboxylic acids is 1. The number of carbonyl (C=O) groups is 1. The molecular formula is C22H17N3O5. The number of ether oxygens (including phenoxy) is 3. The van der Waals surface area contributed by atoms with E-state index < -0.39 is 5.97 Å². The Morgan fingerprint density at radius 3 is 2.70 bits per heavy atom. The fourth-order valence-corrected chi connectivity index (χ4v) is 3.30. The average molecular weight is 403 g/mol. The Labute approximate surface area is 171 Å². The van der Waals surface area contributed by atoms with E-state index >= 15 is 0 Å². The number of para-hydroxylation sites is 1. The highest BCUT2D eigenvalue weighted by Gasteiger charge is 2.18. The van der Waals surface area contributed by atoms with Gasteiger partial charge in [-0.1, -0.05) is 23.4 Å². The molecule has 0 saturated carbocycles. The number of rotatable bonds is 4. The van der Waals surface area contributed by atoms with Crippen molar-refractivity contribution >= 4 is 16.9 Å². The maximum Gasteiger partial charge on any atom is 0.339 e. The lowest BCUT2D eigenvalue weighted by Gasteiger charge is -2.19. The van der Waals surface area contributed by atoms with Crippen molar-refractivity contribution in [1.82, 2.24) is 15.1 Å². The van der Waals surface area contributed by atoms with E-state index in [-0.39, 0.29) is 12.5 Å². The highest BCUT2D eigenvalue weighted by atomic mass is 16.6. The Kier molecular flexibility index (Phi) is 4.51. The van der Waals surface area contributed by atoms with E-state index in [0.717, 1.165) is 5.56 Å². The van der Waals surface area contributed by atoms with Gasteiger partial charge in [0.2, 0.25) is 0 Å². The van der Waals surface area contributed by atoms with Crippen molar-refractivity contribution in [3.05, 3.63) is 65.8 Å². The topological polar surface area (TPSA) is 96.6 Å². The molecular weight excluding hydrogens is 386 g/mol. The number of pyridine rings is 1. The molecule has 0 bridgehead atoms. The molecule has 8 heteroatoms. The van der Waals surface area contributed by atoms with Gasteiger partial charge in [-0.05, 0) is 37.3 Å². The van der Waals surface area contributed by atoms with Gasteiger partial charge in [0.25, 0.3) is 5.89 Å².